The molecule has 6 heteroatoms. The lowest BCUT2D eigenvalue weighted by atomic mass is 9.86. The second kappa shape index (κ2) is 7.38. The van der Waals surface area contributed by atoms with Crippen LogP contribution in [0.3, 0.4) is 0 Å². The van der Waals surface area contributed by atoms with Gasteiger partial charge in [0.25, 0.3) is 5.91 Å². The number of aliphatic hydroxyl groups excluding tert-OH is 1. The van der Waals surface area contributed by atoms with E-state index in [9.17, 15) is 9.90 Å². The Hall–Kier alpha value is -1.82. The number of ether oxygens (including phenoxy) is 1. The maximum Gasteiger partial charge on any atom is 0.253 e. The quantitative estimate of drug-likeness (QED) is 0.873. The molecule has 0 bridgehead atoms. The molecule has 0 aliphatic carbocycles. The predicted molar refractivity (Wildman–Crippen MR) is 92.7 cm³/mol. The number of aliphatic hydroxyl groups is 1. The number of nitrogens with one attached hydrogen (secondary N) is 1. The lowest BCUT2D eigenvalue weighted by Gasteiger charge is -2.37. The fourth-order valence-corrected chi connectivity index (χ4v) is 3.28. The Morgan fingerprint density at radius 1 is 1.29 bits per heavy atom. The van der Waals surface area contributed by atoms with E-state index < -0.39 is 5.54 Å². The van der Waals surface area contributed by atoms with Crippen molar-refractivity contribution in [3.05, 3.63) is 53.3 Å². The summed E-state index contributed by atoms with van der Waals surface area (Å²) in [6.07, 6.45) is 5.72. The molecular weight excluding hydrogens is 328 g/mol. The van der Waals surface area contributed by atoms with Crippen LogP contribution in [0.25, 0.3) is 5.69 Å². The summed E-state index contributed by atoms with van der Waals surface area (Å²) in [6.45, 7) is 1.19. The van der Waals surface area contributed by atoms with Gasteiger partial charge >= 0.3 is 0 Å². The summed E-state index contributed by atoms with van der Waals surface area (Å²) in [4.78, 5) is 12.8. The van der Waals surface area contributed by atoms with Gasteiger partial charge in [0, 0.05) is 43.4 Å². The highest BCUT2D eigenvalue weighted by atomic mass is 35.5. The van der Waals surface area contributed by atoms with E-state index in [-0.39, 0.29) is 12.5 Å². The van der Waals surface area contributed by atoms with Gasteiger partial charge in [0.05, 0.1) is 10.6 Å². The van der Waals surface area contributed by atoms with Gasteiger partial charge in [0.1, 0.15) is 0 Å². The third-order valence-electron chi connectivity index (χ3n) is 4.52. The monoisotopic (exact) mass is 348 g/mol. The number of benzene rings is 1. The fourth-order valence-electron chi connectivity index (χ4n) is 3.08. The van der Waals surface area contributed by atoms with Crippen molar-refractivity contribution in [3.8, 4) is 5.69 Å². The Labute approximate surface area is 146 Å². The lowest BCUT2D eigenvalue weighted by Crippen LogP contribution is -2.52. The van der Waals surface area contributed by atoms with Gasteiger partial charge in [-0.2, -0.15) is 0 Å². The molecule has 0 unspecified atom stereocenters. The van der Waals surface area contributed by atoms with Crippen LogP contribution in [0.2, 0.25) is 5.02 Å². The summed E-state index contributed by atoms with van der Waals surface area (Å²) < 4.78 is 7.31. The van der Waals surface area contributed by atoms with Gasteiger partial charge in [0.2, 0.25) is 0 Å². The molecule has 1 aromatic carbocycles. The zero-order chi connectivity index (χ0) is 17.0. The van der Waals surface area contributed by atoms with Crippen LogP contribution in [0.15, 0.2) is 42.7 Å². The molecule has 24 heavy (non-hydrogen) atoms. The largest absolute Gasteiger partial charge is 0.396 e. The molecule has 0 atom stereocenters. The van der Waals surface area contributed by atoms with E-state index in [0.717, 1.165) is 5.69 Å². The van der Waals surface area contributed by atoms with E-state index in [1.165, 1.54) is 0 Å². The van der Waals surface area contributed by atoms with E-state index in [1.807, 2.05) is 35.2 Å². The molecule has 1 aliphatic rings. The second-order valence-electron chi connectivity index (χ2n) is 6.07. The minimum Gasteiger partial charge on any atom is -0.396 e. The summed E-state index contributed by atoms with van der Waals surface area (Å²) in [7, 11) is 0. The molecule has 1 amide bonds. The average molecular weight is 349 g/mol. The van der Waals surface area contributed by atoms with E-state index >= 15 is 0 Å². The Bertz CT molecular complexity index is 689. The van der Waals surface area contributed by atoms with Crippen LogP contribution >= 0.6 is 11.6 Å². The normalized spacial score (nSPS) is 16.8. The highest BCUT2D eigenvalue weighted by molar-refractivity contribution is 6.34. The molecule has 2 heterocycles. The SMILES string of the molecule is O=C(NC1(CCO)CCOCC1)c1cc(-n2cccc2)ccc1Cl. The Kier molecular flexibility index (Phi) is 5.23. The van der Waals surface area contributed by atoms with Crippen LogP contribution in [0.4, 0.5) is 0 Å². The van der Waals surface area contributed by atoms with Crippen molar-refractivity contribution in [2.45, 2.75) is 24.8 Å². The van der Waals surface area contributed by atoms with Crippen molar-refractivity contribution in [1.29, 1.82) is 0 Å². The number of rotatable bonds is 5. The molecule has 5 nitrogen and oxygen atoms in total. The van der Waals surface area contributed by atoms with Crippen LogP contribution < -0.4 is 5.32 Å². The third kappa shape index (κ3) is 3.64. The minimum absolute atomic E-state index is 0.0252. The number of carbonyl (C=O) groups excluding carboxylic acids is 1. The molecule has 1 aromatic heterocycles. The first-order valence-electron chi connectivity index (χ1n) is 8.08. The average Bonchev–Trinajstić information content (AvgIpc) is 3.10. The first kappa shape index (κ1) is 17.0. The summed E-state index contributed by atoms with van der Waals surface area (Å²) in [5.74, 6) is -0.218. The fraction of sp³-hybridized carbons (Fsp3) is 0.389. The van der Waals surface area contributed by atoms with E-state index in [1.54, 1.807) is 12.1 Å². The summed E-state index contributed by atoms with van der Waals surface area (Å²) in [5, 5.41) is 12.9. The lowest BCUT2D eigenvalue weighted by molar-refractivity contribution is 0.0267. The summed E-state index contributed by atoms with van der Waals surface area (Å²) >= 11 is 6.25. The van der Waals surface area contributed by atoms with Crippen molar-refractivity contribution in [2.75, 3.05) is 19.8 Å². The van der Waals surface area contributed by atoms with Crippen molar-refractivity contribution in [1.82, 2.24) is 9.88 Å². The second-order valence-corrected chi connectivity index (χ2v) is 6.48. The molecule has 1 saturated heterocycles. The van der Waals surface area contributed by atoms with Crippen LogP contribution in [-0.4, -0.2) is 40.9 Å². The van der Waals surface area contributed by atoms with Gasteiger partial charge in [-0.25, -0.2) is 0 Å². The number of aromatic nitrogens is 1. The summed E-state index contributed by atoms with van der Waals surface area (Å²) in [5.41, 5.74) is 0.876. The van der Waals surface area contributed by atoms with Gasteiger partial charge in [-0.1, -0.05) is 11.6 Å². The molecule has 1 fully saturated rings. The Morgan fingerprint density at radius 2 is 2.00 bits per heavy atom. The molecule has 128 valence electrons. The van der Waals surface area contributed by atoms with Crippen LogP contribution in [0.1, 0.15) is 29.6 Å². The third-order valence-corrected chi connectivity index (χ3v) is 4.85. The van der Waals surface area contributed by atoms with Gasteiger partial charge in [0.15, 0.2) is 0 Å². The molecule has 2 aromatic rings. The molecule has 0 radical (unpaired) electrons. The van der Waals surface area contributed by atoms with Gasteiger partial charge in [-0.3, -0.25) is 4.79 Å². The van der Waals surface area contributed by atoms with Crippen molar-refractivity contribution in [3.63, 3.8) is 0 Å². The van der Waals surface area contributed by atoms with Gasteiger partial charge in [-0.05, 0) is 49.6 Å². The number of nitrogens with zero attached hydrogens (tertiary/aromatic N) is 1. The van der Waals surface area contributed by atoms with Gasteiger partial charge in [-0.15, -0.1) is 0 Å². The van der Waals surface area contributed by atoms with Crippen molar-refractivity contribution < 1.29 is 14.6 Å². The van der Waals surface area contributed by atoms with Crippen LogP contribution in [0.5, 0.6) is 0 Å². The van der Waals surface area contributed by atoms with Crippen molar-refractivity contribution >= 4 is 17.5 Å². The van der Waals surface area contributed by atoms with E-state index in [0.29, 0.717) is 43.1 Å². The van der Waals surface area contributed by atoms with Gasteiger partial charge < -0.3 is 19.7 Å². The molecule has 0 spiro atoms. The standard InChI is InChI=1S/C18H21ClN2O3/c19-16-4-3-14(21-8-1-2-9-21)13-15(16)17(23)20-18(5-10-22)6-11-24-12-7-18/h1-4,8-9,13,22H,5-7,10-12H2,(H,20,23). The molecule has 2 N–H and O–H groups in total. The summed E-state index contributed by atoms with van der Waals surface area (Å²) in [6, 6.07) is 9.23. The maximum absolute atomic E-state index is 12.8. The smallest absolute Gasteiger partial charge is 0.253 e. The minimum atomic E-state index is -0.434. The Morgan fingerprint density at radius 3 is 2.67 bits per heavy atom. The topological polar surface area (TPSA) is 63.5 Å². The molecular formula is C18H21ClN2O3. The highest BCUT2D eigenvalue weighted by Crippen LogP contribution is 2.27. The number of halogens is 1. The number of carbonyl (C=O) groups is 1. The van der Waals surface area contributed by atoms with E-state index in [2.05, 4.69) is 5.32 Å². The van der Waals surface area contributed by atoms with E-state index in [4.69, 9.17) is 16.3 Å². The number of hydrogen-bond acceptors (Lipinski definition) is 3. The number of hydrogen-bond donors (Lipinski definition) is 2. The number of amides is 1. The predicted octanol–water partition coefficient (Wildman–Crippen LogP) is 2.79. The van der Waals surface area contributed by atoms with Crippen molar-refractivity contribution in [2.24, 2.45) is 0 Å². The molecule has 0 saturated carbocycles. The first-order valence-corrected chi connectivity index (χ1v) is 8.45. The zero-order valence-electron chi connectivity index (χ0n) is 13.4. The molecule has 3 rings (SSSR count). The zero-order valence-corrected chi connectivity index (χ0v) is 14.1. The molecule has 1 aliphatic heterocycles. The van der Waals surface area contributed by atoms with Crippen LogP contribution in [-0.2, 0) is 4.74 Å². The maximum atomic E-state index is 12.8. The van der Waals surface area contributed by atoms with Crippen LogP contribution in [0, 0.1) is 0 Å². The first-order chi connectivity index (χ1) is 11.6. The highest BCUT2D eigenvalue weighted by Gasteiger charge is 2.34. The Balaban J connectivity index is 1.84.